The lowest BCUT2D eigenvalue weighted by Gasteiger charge is -2.40. The number of hydrogen-bond acceptors (Lipinski definition) is 8. The molecule has 0 aliphatic carbocycles. The summed E-state index contributed by atoms with van der Waals surface area (Å²) < 4.78 is 16.4. The van der Waals surface area contributed by atoms with Gasteiger partial charge in [0.05, 0.1) is 38.7 Å². The molecule has 1 aliphatic rings. The van der Waals surface area contributed by atoms with Gasteiger partial charge in [-0.3, -0.25) is 4.79 Å². The summed E-state index contributed by atoms with van der Waals surface area (Å²) >= 11 is 6.75. The number of benzene rings is 1. The van der Waals surface area contributed by atoms with Gasteiger partial charge in [0.15, 0.2) is 5.65 Å². The highest BCUT2D eigenvalue weighted by molar-refractivity contribution is 6.34. The molecule has 5 rings (SSSR count). The van der Waals surface area contributed by atoms with E-state index in [2.05, 4.69) is 21.5 Å². The Morgan fingerprint density at radius 1 is 1.27 bits per heavy atom. The van der Waals surface area contributed by atoms with Crippen molar-refractivity contribution in [3.8, 4) is 16.9 Å². The van der Waals surface area contributed by atoms with Gasteiger partial charge < -0.3 is 15.5 Å². The third kappa shape index (κ3) is 5.01. The summed E-state index contributed by atoms with van der Waals surface area (Å²) in [6.45, 7) is 10.6. The SMILES string of the molecule is C=CC(=O)N1CCN(c2nc(=O)n(-c3c(C)ncnc3CCC)c3nc(-c4c(N)cccc4F)c(Cl)cc23)C[C@@H]1C. The van der Waals surface area contributed by atoms with Crippen LogP contribution in [0.4, 0.5) is 15.9 Å². The number of hydrogen-bond donors (Lipinski definition) is 1. The third-order valence-electron chi connectivity index (χ3n) is 7.26. The average molecular weight is 577 g/mol. The number of nitrogens with zero attached hydrogens (tertiary/aromatic N) is 7. The van der Waals surface area contributed by atoms with Crippen molar-refractivity contribution in [2.45, 2.75) is 39.7 Å². The number of nitrogen functional groups attached to an aromatic ring is 1. The Balaban J connectivity index is 1.81. The minimum absolute atomic E-state index is 0.0387. The van der Waals surface area contributed by atoms with Gasteiger partial charge in [-0.05, 0) is 44.5 Å². The number of pyridine rings is 1. The molecule has 4 heterocycles. The summed E-state index contributed by atoms with van der Waals surface area (Å²) in [6.07, 6.45) is 4.12. The molecule has 10 nitrogen and oxygen atoms in total. The molecular weight excluding hydrogens is 547 g/mol. The van der Waals surface area contributed by atoms with E-state index >= 15 is 4.39 Å². The lowest BCUT2D eigenvalue weighted by molar-refractivity contribution is -0.128. The molecule has 1 aliphatic heterocycles. The zero-order chi connectivity index (χ0) is 29.4. The van der Waals surface area contributed by atoms with Crippen molar-refractivity contribution >= 4 is 40.0 Å². The summed E-state index contributed by atoms with van der Waals surface area (Å²) in [5.41, 5.74) is 7.77. The zero-order valence-electron chi connectivity index (χ0n) is 23.1. The van der Waals surface area contributed by atoms with E-state index in [9.17, 15) is 9.59 Å². The minimum Gasteiger partial charge on any atom is -0.398 e. The first-order chi connectivity index (χ1) is 19.7. The highest BCUT2D eigenvalue weighted by atomic mass is 35.5. The molecule has 0 radical (unpaired) electrons. The van der Waals surface area contributed by atoms with Crippen LogP contribution in [0.1, 0.15) is 31.7 Å². The molecule has 212 valence electrons. The summed E-state index contributed by atoms with van der Waals surface area (Å²) in [4.78, 5) is 47.9. The van der Waals surface area contributed by atoms with Crippen LogP contribution in [0.25, 0.3) is 28.0 Å². The predicted molar refractivity (Wildman–Crippen MR) is 158 cm³/mol. The van der Waals surface area contributed by atoms with E-state index in [0.717, 1.165) is 6.42 Å². The molecule has 2 N–H and O–H groups in total. The maximum Gasteiger partial charge on any atom is 0.355 e. The first-order valence-corrected chi connectivity index (χ1v) is 13.7. The standard InChI is InChI=1S/C29H30ClFN8O2/c1-5-8-22-26(17(4)33-15-34-22)39-28-18(13-19(30)25(35-28)24-20(31)9-7-10-21(24)32)27(36-29(39)41)37-11-12-38(16(3)14-37)23(40)6-2/h6-7,9-10,13,15-16H,2,5,8,11-12,14,32H2,1,3-4H3/t16-/m0/s1. The highest BCUT2D eigenvalue weighted by Gasteiger charge is 2.30. The molecule has 1 atom stereocenters. The van der Waals surface area contributed by atoms with Crippen molar-refractivity contribution in [2.75, 3.05) is 30.3 Å². The fourth-order valence-corrected chi connectivity index (χ4v) is 5.58. The summed E-state index contributed by atoms with van der Waals surface area (Å²) in [5.74, 6) is -0.386. The second kappa shape index (κ2) is 11.2. The van der Waals surface area contributed by atoms with Crippen LogP contribution in [-0.2, 0) is 11.2 Å². The van der Waals surface area contributed by atoms with Gasteiger partial charge in [0.2, 0.25) is 5.91 Å². The van der Waals surface area contributed by atoms with E-state index in [0.29, 0.717) is 54.3 Å². The second-order valence-corrected chi connectivity index (χ2v) is 10.4. The quantitative estimate of drug-likeness (QED) is 0.269. The van der Waals surface area contributed by atoms with E-state index in [4.69, 9.17) is 22.3 Å². The molecule has 0 unspecified atom stereocenters. The number of nitrogens with two attached hydrogens (primary N) is 1. The summed E-state index contributed by atoms with van der Waals surface area (Å²) in [5, 5.41) is 0.626. The Labute approximate surface area is 241 Å². The molecule has 41 heavy (non-hydrogen) atoms. The molecule has 0 saturated carbocycles. The Hall–Kier alpha value is -4.38. The third-order valence-corrected chi connectivity index (χ3v) is 7.55. The van der Waals surface area contributed by atoms with Crippen LogP contribution >= 0.6 is 11.6 Å². The number of fused-ring (bicyclic) bond motifs is 1. The number of aryl methyl sites for hydroxylation is 2. The Morgan fingerprint density at radius 3 is 2.73 bits per heavy atom. The molecular formula is C29H30ClFN8O2. The van der Waals surface area contributed by atoms with E-state index in [-0.39, 0.29) is 39.6 Å². The van der Waals surface area contributed by atoms with Gasteiger partial charge in [0, 0.05) is 31.4 Å². The van der Waals surface area contributed by atoms with Crippen LogP contribution in [0.5, 0.6) is 0 Å². The van der Waals surface area contributed by atoms with Crippen molar-refractivity contribution in [2.24, 2.45) is 0 Å². The fourth-order valence-electron chi connectivity index (χ4n) is 5.34. The molecule has 1 aromatic carbocycles. The van der Waals surface area contributed by atoms with Crippen molar-refractivity contribution in [3.05, 3.63) is 76.0 Å². The van der Waals surface area contributed by atoms with Crippen LogP contribution in [0.15, 0.2) is 48.0 Å². The molecule has 0 spiro atoms. The van der Waals surface area contributed by atoms with Gasteiger partial charge in [0.1, 0.15) is 18.0 Å². The fraction of sp³-hybridized carbons (Fsp3) is 0.310. The molecule has 3 aromatic heterocycles. The minimum atomic E-state index is -0.595. The van der Waals surface area contributed by atoms with Crippen LogP contribution in [0.3, 0.4) is 0 Å². The largest absolute Gasteiger partial charge is 0.398 e. The number of anilines is 2. The van der Waals surface area contributed by atoms with Gasteiger partial charge in [-0.25, -0.2) is 28.7 Å². The van der Waals surface area contributed by atoms with Crippen molar-refractivity contribution < 1.29 is 9.18 Å². The zero-order valence-corrected chi connectivity index (χ0v) is 23.8. The Kier molecular flexibility index (Phi) is 7.72. The van der Waals surface area contributed by atoms with E-state index in [1.54, 1.807) is 24.0 Å². The van der Waals surface area contributed by atoms with E-state index in [1.807, 2.05) is 18.7 Å². The van der Waals surface area contributed by atoms with Gasteiger partial charge in [-0.1, -0.05) is 37.6 Å². The number of halogens is 2. The van der Waals surface area contributed by atoms with Crippen LogP contribution in [0, 0.1) is 12.7 Å². The monoisotopic (exact) mass is 576 g/mol. The molecule has 1 amide bonds. The van der Waals surface area contributed by atoms with Gasteiger partial charge in [-0.2, -0.15) is 4.98 Å². The molecule has 1 fully saturated rings. The van der Waals surface area contributed by atoms with Crippen molar-refractivity contribution in [1.82, 2.24) is 29.4 Å². The maximum atomic E-state index is 15.1. The smallest absolute Gasteiger partial charge is 0.355 e. The van der Waals surface area contributed by atoms with Gasteiger partial charge >= 0.3 is 5.69 Å². The lowest BCUT2D eigenvalue weighted by Crippen LogP contribution is -2.54. The number of rotatable bonds is 6. The van der Waals surface area contributed by atoms with Gasteiger partial charge in [-0.15, -0.1) is 0 Å². The van der Waals surface area contributed by atoms with Crippen LogP contribution < -0.4 is 16.3 Å². The number of aromatic nitrogens is 5. The predicted octanol–water partition coefficient (Wildman–Crippen LogP) is 4.10. The summed E-state index contributed by atoms with van der Waals surface area (Å²) in [7, 11) is 0. The topological polar surface area (TPSA) is 123 Å². The number of amides is 1. The van der Waals surface area contributed by atoms with Crippen LogP contribution in [0.2, 0.25) is 5.02 Å². The maximum absolute atomic E-state index is 15.1. The number of carbonyl (C=O) groups excluding carboxylic acids is 1. The van der Waals surface area contributed by atoms with Crippen LogP contribution in [-0.4, -0.2) is 61.0 Å². The van der Waals surface area contributed by atoms with Crippen molar-refractivity contribution in [3.63, 3.8) is 0 Å². The van der Waals surface area contributed by atoms with E-state index in [1.165, 1.54) is 29.1 Å². The first-order valence-electron chi connectivity index (χ1n) is 13.3. The number of carbonyl (C=O) groups is 1. The molecule has 4 aromatic rings. The molecule has 0 bridgehead atoms. The Bertz CT molecular complexity index is 1720. The second-order valence-electron chi connectivity index (χ2n) is 9.98. The highest BCUT2D eigenvalue weighted by Crippen LogP contribution is 2.37. The molecule has 12 heteroatoms. The summed E-state index contributed by atoms with van der Waals surface area (Å²) in [6, 6.07) is 5.80. The van der Waals surface area contributed by atoms with E-state index < -0.39 is 11.5 Å². The van der Waals surface area contributed by atoms with Crippen molar-refractivity contribution in [1.29, 1.82) is 0 Å². The average Bonchev–Trinajstić information content (AvgIpc) is 2.94. The normalized spacial score (nSPS) is 15.4. The molecule has 1 saturated heterocycles. The first kappa shape index (κ1) is 28.2. The Morgan fingerprint density at radius 2 is 2.05 bits per heavy atom. The number of piperazine rings is 1. The van der Waals surface area contributed by atoms with Gasteiger partial charge in [0.25, 0.3) is 0 Å². The lowest BCUT2D eigenvalue weighted by atomic mass is 10.1.